The Morgan fingerprint density at radius 2 is 2.59 bits per heavy atom. The minimum atomic E-state index is 0.168. The summed E-state index contributed by atoms with van der Waals surface area (Å²) in [6, 6.07) is 0. The van der Waals surface area contributed by atoms with Crippen LogP contribution in [-0.4, -0.2) is 40.8 Å². The Bertz CT molecular complexity index is 345. The first-order chi connectivity index (χ1) is 8.25. The van der Waals surface area contributed by atoms with Crippen LogP contribution in [0, 0.1) is 0 Å². The van der Waals surface area contributed by atoms with E-state index >= 15 is 0 Å². The topological polar surface area (TPSA) is 58.2 Å². The zero-order chi connectivity index (χ0) is 12.1. The van der Waals surface area contributed by atoms with E-state index in [-0.39, 0.29) is 5.91 Å². The molecule has 1 saturated heterocycles. The van der Waals surface area contributed by atoms with Crippen LogP contribution in [0.25, 0.3) is 0 Å². The number of aromatic nitrogens is 2. The van der Waals surface area contributed by atoms with Crippen molar-refractivity contribution in [3.8, 4) is 0 Å². The Morgan fingerprint density at radius 1 is 1.71 bits per heavy atom. The number of carbonyl (C=O) groups is 1. The normalized spacial score (nSPS) is 19.5. The molecule has 0 bridgehead atoms. The van der Waals surface area contributed by atoms with Gasteiger partial charge in [0, 0.05) is 38.4 Å². The molecule has 1 fully saturated rings. The molecule has 2 rings (SSSR count). The number of aromatic amines is 1. The van der Waals surface area contributed by atoms with Gasteiger partial charge in [-0.2, -0.15) is 5.10 Å². The molecule has 1 aromatic heterocycles. The molecule has 0 aliphatic carbocycles. The smallest absolute Gasteiger partial charge is 0.222 e. The molecule has 1 aliphatic rings. The fraction of sp³-hybridized carbons (Fsp3) is 0.667. The Labute approximate surface area is 101 Å². The van der Waals surface area contributed by atoms with Gasteiger partial charge in [0.25, 0.3) is 0 Å². The molecule has 5 heteroatoms. The SMILES string of the molecule is CN(Cc1cn[nH]c1)C(=O)CCC1CCCO1. The molecule has 17 heavy (non-hydrogen) atoms. The average Bonchev–Trinajstić information content (AvgIpc) is 2.98. The summed E-state index contributed by atoms with van der Waals surface area (Å²) in [4.78, 5) is 13.6. The highest BCUT2D eigenvalue weighted by molar-refractivity contribution is 5.75. The maximum atomic E-state index is 11.9. The van der Waals surface area contributed by atoms with Crippen molar-refractivity contribution in [3.63, 3.8) is 0 Å². The van der Waals surface area contributed by atoms with Crippen LogP contribution in [0.4, 0.5) is 0 Å². The molecule has 0 radical (unpaired) electrons. The molecule has 1 atom stereocenters. The van der Waals surface area contributed by atoms with Crippen molar-refractivity contribution in [2.24, 2.45) is 0 Å². The Balaban J connectivity index is 1.71. The zero-order valence-corrected chi connectivity index (χ0v) is 10.2. The van der Waals surface area contributed by atoms with Crippen LogP contribution in [0.2, 0.25) is 0 Å². The molecule has 1 amide bonds. The van der Waals surface area contributed by atoms with Crippen LogP contribution < -0.4 is 0 Å². The molecule has 0 saturated carbocycles. The standard InChI is InChI=1S/C12H19N3O2/c1-15(9-10-7-13-14-8-10)12(16)5-4-11-3-2-6-17-11/h7-8,11H,2-6,9H2,1H3,(H,13,14). The number of hydrogen-bond acceptors (Lipinski definition) is 3. The van der Waals surface area contributed by atoms with E-state index < -0.39 is 0 Å². The lowest BCUT2D eigenvalue weighted by Crippen LogP contribution is -2.26. The fourth-order valence-corrected chi connectivity index (χ4v) is 2.07. The second kappa shape index (κ2) is 5.82. The van der Waals surface area contributed by atoms with Crippen LogP contribution in [-0.2, 0) is 16.1 Å². The third-order valence-electron chi connectivity index (χ3n) is 3.10. The van der Waals surface area contributed by atoms with Crippen molar-refractivity contribution in [2.75, 3.05) is 13.7 Å². The molecule has 0 aromatic carbocycles. The summed E-state index contributed by atoms with van der Waals surface area (Å²) in [5.41, 5.74) is 1.03. The van der Waals surface area contributed by atoms with E-state index in [9.17, 15) is 4.79 Å². The van der Waals surface area contributed by atoms with Gasteiger partial charge in [0.1, 0.15) is 0 Å². The average molecular weight is 237 g/mol. The molecule has 0 spiro atoms. The molecule has 2 heterocycles. The van der Waals surface area contributed by atoms with E-state index in [1.54, 1.807) is 11.1 Å². The number of nitrogens with one attached hydrogen (secondary N) is 1. The largest absolute Gasteiger partial charge is 0.378 e. The molecule has 1 aliphatic heterocycles. The van der Waals surface area contributed by atoms with E-state index in [0.717, 1.165) is 31.4 Å². The number of amides is 1. The quantitative estimate of drug-likeness (QED) is 0.840. The first kappa shape index (κ1) is 12.1. The number of carbonyl (C=O) groups excluding carboxylic acids is 1. The number of H-pyrrole nitrogens is 1. The van der Waals surface area contributed by atoms with E-state index in [2.05, 4.69) is 10.2 Å². The highest BCUT2D eigenvalue weighted by atomic mass is 16.5. The zero-order valence-electron chi connectivity index (χ0n) is 10.2. The molecule has 94 valence electrons. The minimum absolute atomic E-state index is 0.168. The van der Waals surface area contributed by atoms with Crippen LogP contribution in [0.15, 0.2) is 12.4 Å². The Hall–Kier alpha value is -1.36. The van der Waals surface area contributed by atoms with Gasteiger partial charge in [0.15, 0.2) is 0 Å². The van der Waals surface area contributed by atoms with Gasteiger partial charge in [-0.15, -0.1) is 0 Å². The van der Waals surface area contributed by atoms with Crippen molar-refractivity contribution in [2.45, 2.75) is 38.3 Å². The summed E-state index contributed by atoms with van der Waals surface area (Å²) in [5.74, 6) is 0.168. The molecule has 5 nitrogen and oxygen atoms in total. The van der Waals surface area contributed by atoms with Crippen LogP contribution in [0.3, 0.4) is 0 Å². The van der Waals surface area contributed by atoms with Crippen molar-refractivity contribution in [3.05, 3.63) is 18.0 Å². The first-order valence-corrected chi connectivity index (χ1v) is 6.09. The predicted octanol–water partition coefficient (Wildman–Crippen LogP) is 1.33. The lowest BCUT2D eigenvalue weighted by molar-refractivity contribution is -0.131. The third kappa shape index (κ3) is 3.56. The highest BCUT2D eigenvalue weighted by Gasteiger charge is 2.18. The minimum Gasteiger partial charge on any atom is -0.378 e. The van der Waals surface area contributed by atoms with Gasteiger partial charge in [-0.25, -0.2) is 0 Å². The lowest BCUT2D eigenvalue weighted by atomic mass is 10.1. The van der Waals surface area contributed by atoms with Gasteiger partial charge in [0.2, 0.25) is 5.91 Å². The number of nitrogens with zero attached hydrogens (tertiary/aromatic N) is 2. The van der Waals surface area contributed by atoms with Gasteiger partial charge in [-0.05, 0) is 19.3 Å². The Kier molecular flexibility index (Phi) is 4.14. The Morgan fingerprint density at radius 3 is 3.24 bits per heavy atom. The fourth-order valence-electron chi connectivity index (χ4n) is 2.07. The van der Waals surface area contributed by atoms with Gasteiger partial charge in [-0.3, -0.25) is 9.89 Å². The van der Waals surface area contributed by atoms with Gasteiger partial charge in [-0.1, -0.05) is 0 Å². The molecular weight excluding hydrogens is 218 g/mol. The number of hydrogen-bond donors (Lipinski definition) is 1. The van der Waals surface area contributed by atoms with E-state index in [4.69, 9.17) is 4.74 Å². The highest BCUT2D eigenvalue weighted by Crippen LogP contribution is 2.17. The maximum Gasteiger partial charge on any atom is 0.222 e. The molecule has 1 N–H and O–H groups in total. The summed E-state index contributed by atoms with van der Waals surface area (Å²) >= 11 is 0. The number of rotatable bonds is 5. The van der Waals surface area contributed by atoms with Gasteiger partial charge >= 0.3 is 0 Å². The van der Waals surface area contributed by atoms with Gasteiger partial charge < -0.3 is 9.64 Å². The summed E-state index contributed by atoms with van der Waals surface area (Å²) in [7, 11) is 1.82. The molecular formula is C12H19N3O2. The first-order valence-electron chi connectivity index (χ1n) is 6.09. The summed E-state index contributed by atoms with van der Waals surface area (Å²) < 4.78 is 5.50. The van der Waals surface area contributed by atoms with Crippen LogP contribution >= 0.6 is 0 Å². The monoisotopic (exact) mass is 237 g/mol. The van der Waals surface area contributed by atoms with Crippen molar-refractivity contribution >= 4 is 5.91 Å². The predicted molar refractivity (Wildman–Crippen MR) is 63.3 cm³/mol. The third-order valence-corrected chi connectivity index (χ3v) is 3.10. The van der Waals surface area contributed by atoms with Crippen LogP contribution in [0.5, 0.6) is 0 Å². The second-order valence-electron chi connectivity index (χ2n) is 4.53. The summed E-state index contributed by atoms with van der Waals surface area (Å²) in [5, 5.41) is 6.60. The van der Waals surface area contributed by atoms with Crippen molar-refractivity contribution in [1.29, 1.82) is 0 Å². The second-order valence-corrected chi connectivity index (χ2v) is 4.53. The summed E-state index contributed by atoms with van der Waals surface area (Å²) in [6.07, 6.45) is 7.48. The van der Waals surface area contributed by atoms with Crippen molar-refractivity contribution < 1.29 is 9.53 Å². The van der Waals surface area contributed by atoms with Crippen LogP contribution in [0.1, 0.15) is 31.2 Å². The lowest BCUT2D eigenvalue weighted by Gasteiger charge is -2.17. The molecule has 1 aromatic rings. The maximum absolute atomic E-state index is 11.9. The number of ether oxygens (including phenoxy) is 1. The van der Waals surface area contributed by atoms with E-state index in [1.165, 1.54) is 0 Å². The summed E-state index contributed by atoms with van der Waals surface area (Å²) in [6.45, 7) is 1.46. The van der Waals surface area contributed by atoms with Crippen molar-refractivity contribution in [1.82, 2.24) is 15.1 Å². The molecule has 1 unspecified atom stereocenters. The van der Waals surface area contributed by atoms with Gasteiger partial charge in [0.05, 0.1) is 12.3 Å². The van der Waals surface area contributed by atoms with E-state index in [1.807, 2.05) is 13.2 Å². The van der Waals surface area contributed by atoms with E-state index in [0.29, 0.717) is 19.1 Å².